The van der Waals surface area contributed by atoms with E-state index in [0.29, 0.717) is 20.3 Å². The van der Waals surface area contributed by atoms with Crippen LogP contribution in [-0.2, 0) is 0 Å². The van der Waals surface area contributed by atoms with E-state index in [1.807, 2.05) is 49.4 Å². The molecule has 0 fully saturated rings. The summed E-state index contributed by atoms with van der Waals surface area (Å²) in [5.74, 6) is 0.511. The summed E-state index contributed by atoms with van der Waals surface area (Å²) in [6.45, 7) is 2.03. The molecule has 24 heavy (non-hydrogen) atoms. The van der Waals surface area contributed by atoms with E-state index in [1.54, 1.807) is 12.1 Å². The van der Waals surface area contributed by atoms with E-state index in [-0.39, 0.29) is 5.56 Å². The largest absolute Gasteiger partial charge is 0.276 e. The Morgan fingerprint density at radius 2 is 1.92 bits per heavy atom. The first kappa shape index (κ1) is 15.1. The highest BCUT2D eigenvalue weighted by molar-refractivity contribution is 7.15. The minimum atomic E-state index is -0.115. The van der Waals surface area contributed by atoms with Gasteiger partial charge in [0.05, 0.1) is 4.53 Å². The van der Waals surface area contributed by atoms with Crippen molar-refractivity contribution in [3.63, 3.8) is 0 Å². The van der Waals surface area contributed by atoms with Crippen molar-refractivity contribution in [3.8, 4) is 11.4 Å². The third kappa shape index (κ3) is 2.62. The van der Waals surface area contributed by atoms with Gasteiger partial charge in [0.2, 0.25) is 4.96 Å². The van der Waals surface area contributed by atoms with Crippen LogP contribution in [0.5, 0.6) is 0 Å². The minimum absolute atomic E-state index is 0.115. The van der Waals surface area contributed by atoms with Crippen molar-refractivity contribution < 1.29 is 0 Å². The van der Waals surface area contributed by atoms with Crippen LogP contribution in [-0.4, -0.2) is 14.6 Å². The second-order valence-corrected chi connectivity index (χ2v) is 6.92. The van der Waals surface area contributed by atoms with E-state index >= 15 is 0 Å². The topological polar surface area (TPSA) is 47.3 Å². The number of benzene rings is 2. The van der Waals surface area contributed by atoms with Crippen molar-refractivity contribution in [3.05, 3.63) is 79.6 Å². The van der Waals surface area contributed by atoms with E-state index in [1.165, 1.54) is 21.3 Å². The number of rotatable bonds is 2. The monoisotopic (exact) mass is 353 g/mol. The van der Waals surface area contributed by atoms with Crippen LogP contribution in [0.4, 0.5) is 0 Å². The Kier molecular flexibility index (Phi) is 3.67. The SMILES string of the molecule is Cc1ccc(C=c2sc3nnc(-c4cccc(Cl)c4)n3c2=O)cc1. The molecule has 4 rings (SSSR count). The molecule has 0 atom stereocenters. The van der Waals surface area contributed by atoms with Gasteiger partial charge >= 0.3 is 0 Å². The van der Waals surface area contributed by atoms with Crippen LogP contribution in [0.3, 0.4) is 0 Å². The lowest BCUT2D eigenvalue weighted by Crippen LogP contribution is -2.23. The maximum absolute atomic E-state index is 12.8. The van der Waals surface area contributed by atoms with Crippen LogP contribution in [0.15, 0.2) is 53.3 Å². The van der Waals surface area contributed by atoms with Gasteiger partial charge in [-0.1, -0.05) is 64.9 Å². The Hall–Kier alpha value is -2.50. The maximum Gasteiger partial charge on any atom is 0.276 e. The number of thiazole rings is 1. The molecule has 0 aliphatic heterocycles. The fourth-order valence-electron chi connectivity index (χ4n) is 2.49. The quantitative estimate of drug-likeness (QED) is 0.555. The van der Waals surface area contributed by atoms with Crippen LogP contribution in [0, 0.1) is 6.92 Å². The molecule has 0 amide bonds. The average molecular weight is 354 g/mol. The Morgan fingerprint density at radius 1 is 1.12 bits per heavy atom. The molecule has 0 aliphatic carbocycles. The summed E-state index contributed by atoms with van der Waals surface area (Å²) < 4.78 is 2.17. The zero-order chi connectivity index (χ0) is 16.7. The molecule has 0 aliphatic rings. The van der Waals surface area contributed by atoms with Gasteiger partial charge in [-0.25, -0.2) is 4.40 Å². The first-order valence-electron chi connectivity index (χ1n) is 7.34. The molecule has 2 aromatic carbocycles. The Labute approximate surface area is 146 Å². The van der Waals surface area contributed by atoms with E-state index in [0.717, 1.165) is 11.1 Å². The van der Waals surface area contributed by atoms with Crippen LogP contribution in [0.1, 0.15) is 11.1 Å². The Balaban J connectivity index is 1.91. The van der Waals surface area contributed by atoms with Gasteiger partial charge in [0.15, 0.2) is 5.82 Å². The van der Waals surface area contributed by atoms with E-state index in [2.05, 4.69) is 10.2 Å². The number of fused-ring (bicyclic) bond motifs is 1. The molecular formula is C18H12ClN3OS. The molecule has 0 spiro atoms. The Bertz CT molecular complexity index is 1150. The molecule has 118 valence electrons. The molecule has 2 aromatic heterocycles. The lowest BCUT2D eigenvalue weighted by molar-refractivity contribution is 1.09. The molecule has 0 radical (unpaired) electrons. The summed E-state index contributed by atoms with van der Waals surface area (Å²) in [5, 5.41) is 8.86. The molecule has 0 unspecified atom stereocenters. The Morgan fingerprint density at radius 3 is 2.67 bits per heavy atom. The van der Waals surface area contributed by atoms with Gasteiger partial charge in [-0.2, -0.15) is 0 Å². The fraction of sp³-hybridized carbons (Fsp3) is 0.0556. The van der Waals surface area contributed by atoms with Crippen LogP contribution in [0.2, 0.25) is 5.02 Å². The predicted octanol–water partition coefficient (Wildman–Crippen LogP) is 3.33. The number of aryl methyl sites for hydroxylation is 1. The highest BCUT2D eigenvalue weighted by Gasteiger charge is 2.14. The smallest absolute Gasteiger partial charge is 0.267 e. The third-order valence-electron chi connectivity index (χ3n) is 3.71. The van der Waals surface area contributed by atoms with Crippen LogP contribution in [0.25, 0.3) is 22.4 Å². The molecule has 0 saturated heterocycles. The van der Waals surface area contributed by atoms with E-state index in [4.69, 9.17) is 11.6 Å². The lowest BCUT2D eigenvalue weighted by atomic mass is 10.1. The van der Waals surface area contributed by atoms with Gasteiger partial charge < -0.3 is 0 Å². The van der Waals surface area contributed by atoms with E-state index in [9.17, 15) is 4.79 Å². The zero-order valence-electron chi connectivity index (χ0n) is 12.7. The first-order valence-corrected chi connectivity index (χ1v) is 8.53. The molecule has 6 heteroatoms. The summed E-state index contributed by atoms with van der Waals surface area (Å²) in [6.07, 6.45) is 1.88. The van der Waals surface area contributed by atoms with Gasteiger partial charge in [-0.05, 0) is 30.7 Å². The zero-order valence-corrected chi connectivity index (χ0v) is 14.3. The van der Waals surface area contributed by atoms with Gasteiger partial charge in [-0.3, -0.25) is 4.79 Å². The number of aromatic nitrogens is 3. The molecule has 4 nitrogen and oxygen atoms in total. The molecule has 0 N–H and O–H groups in total. The molecule has 4 aromatic rings. The number of halogens is 1. The number of nitrogens with zero attached hydrogens (tertiary/aromatic N) is 3. The molecule has 2 heterocycles. The minimum Gasteiger partial charge on any atom is -0.267 e. The molecular weight excluding hydrogens is 342 g/mol. The van der Waals surface area contributed by atoms with Crippen LogP contribution >= 0.6 is 22.9 Å². The highest BCUT2D eigenvalue weighted by Crippen LogP contribution is 2.21. The van der Waals surface area contributed by atoms with Crippen molar-refractivity contribution in [2.75, 3.05) is 0 Å². The number of hydrogen-bond acceptors (Lipinski definition) is 4. The summed E-state index contributed by atoms with van der Waals surface area (Å²) >= 11 is 7.37. The van der Waals surface area contributed by atoms with Crippen molar-refractivity contribution in [2.45, 2.75) is 6.92 Å². The van der Waals surface area contributed by atoms with Gasteiger partial charge in [0.1, 0.15) is 0 Å². The highest BCUT2D eigenvalue weighted by atomic mass is 35.5. The number of hydrogen-bond donors (Lipinski definition) is 0. The second kappa shape index (κ2) is 5.85. The van der Waals surface area contributed by atoms with Crippen molar-refractivity contribution in [1.82, 2.24) is 14.6 Å². The van der Waals surface area contributed by atoms with Gasteiger partial charge in [0.25, 0.3) is 5.56 Å². The second-order valence-electron chi connectivity index (χ2n) is 5.48. The third-order valence-corrected chi connectivity index (χ3v) is 4.90. The van der Waals surface area contributed by atoms with Crippen molar-refractivity contribution >= 4 is 34.0 Å². The molecule has 0 bridgehead atoms. The van der Waals surface area contributed by atoms with Crippen molar-refractivity contribution in [1.29, 1.82) is 0 Å². The lowest BCUT2D eigenvalue weighted by Gasteiger charge is -1.97. The van der Waals surface area contributed by atoms with Crippen LogP contribution < -0.4 is 10.1 Å². The van der Waals surface area contributed by atoms with E-state index < -0.39 is 0 Å². The predicted molar refractivity (Wildman–Crippen MR) is 97.5 cm³/mol. The maximum atomic E-state index is 12.8. The molecule has 0 saturated carbocycles. The summed E-state index contributed by atoms with van der Waals surface area (Å²) in [5.41, 5.74) is 2.82. The first-order chi connectivity index (χ1) is 11.6. The standard InChI is InChI=1S/C18H12ClN3OS/c1-11-5-7-12(8-6-11)9-15-17(23)22-16(20-21-18(22)24-15)13-3-2-4-14(19)10-13/h2-10H,1H3. The average Bonchev–Trinajstić information content (AvgIpc) is 3.11. The van der Waals surface area contributed by atoms with Gasteiger partial charge in [0, 0.05) is 10.6 Å². The summed E-state index contributed by atoms with van der Waals surface area (Å²) in [7, 11) is 0. The normalized spacial score (nSPS) is 12.2. The summed E-state index contributed by atoms with van der Waals surface area (Å²) in [6, 6.07) is 15.3. The van der Waals surface area contributed by atoms with Crippen molar-refractivity contribution in [2.24, 2.45) is 0 Å². The summed E-state index contributed by atoms with van der Waals surface area (Å²) in [4.78, 5) is 13.3. The fourth-order valence-corrected chi connectivity index (χ4v) is 3.59. The van der Waals surface area contributed by atoms with Gasteiger partial charge in [-0.15, -0.1) is 10.2 Å².